The Balaban J connectivity index is 1.82. The number of piperidine rings is 1. The van der Waals surface area contributed by atoms with E-state index in [0.717, 1.165) is 37.9 Å². The van der Waals surface area contributed by atoms with Crippen molar-refractivity contribution in [3.8, 4) is 0 Å². The molecule has 1 aliphatic rings. The highest BCUT2D eigenvalue weighted by molar-refractivity contribution is 5.93. The Morgan fingerprint density at radius 3 is 2.55 bits per heavy atom. The summed E-state index contributed by atoms with van der Waals surface area (Å²) in [5, 5.41) is 2.90. The zero-order chi connectivity index (χ0) is 15.9. The minimum Gasteiger partial charge on any atom is -0.352 e. The van der Waals surface area contributed by atoms with Gasteiger partial charge in [-0.1, -0.05) is 6.92 Å². The lowest BCUT2D eigenvalue weighted by Gasteiger charge is -2.30. The van der Waals surface area contributed by atoms with E-state index in [4.69, 9.17) is 0 Å². The topological polar surface area (TPSA) is 61.4 Å². The molecule has 1 amide bonds. The predicted octanol–water partition coefficient (Wildman–Crippen LogP) is 1.39. The quantitative estimate of drug-likeness (QED) is 0.805. The minimum absolute atomic E-state index is 0.0995. The van der Waals surface area contributed by atoms with Gasteiger partial charge in [0.15, 0.2) is 0 Å². The summed E-state index contributed by atoms with van der Waals surface area (Å²) >= 11 is 0. The van der Waals surface area contributed by atoms with Gasteiger partial charge < -0.3 is 15.1 Å². The molecule has 6 nitrogen and oxygen atoms in total. The molecule has 1 aromatic heterocycles. The average molecular weight is 305 g/mol. The van der Waals surface area contributed by atoms with Crippen LogP contribution in [0.5, 0.6) is 0 Å². The second kappa shape index (κ2) is 8.08. The largest absolute Gasteiger partial charge is 0.352 e. The molecule has 0 radical (unpaired) electrons. The van der Waals surface area contributed by atoms with E-state index in [9.17, 15) is 4.79 Å². The molecule has 0 unspecified atom stereocenters. The Hall–Kier alpha value is -1.69. The van der Waals surface area contributed by atoms with Crippen LogP contribution in [0.4, 0.5) is 5.95 Å². The molecular formula is C16H27N5O. The van der Waals surface area contributed by atoms with Gasteiger partial charge in [0.1, 0.15) is 0 Å². The van der Waals surface area contributed by atoms with E-state index >= 15 is 0 Å². The molecule has 122 valence electrons. The molecule has 1 aromatic rings. The van der Waals surface area contributed by atoms with Crippen LogP contribution in [-0.2, 0) is 0 Å². The average Bonchev–Trinajstić information content (AvgIpc) is 2.52. The van der Waals surface area contributed by atoms with Gasteiger partial charge in [-0.25, -0.2) is 9.97 Å². The fourth-order valence-electron chi connectivity index (χ4n) is 2.51. The van der Waals surface area contributed by atoms with E-state index in [-0.39, 0.29) is 5.91 Å². The number of anilines is 1. The molecule has 0 aliphatic carbocycles. The number of nitrogens with one attached hydrogen (secondary N) is 1. The Bertz CT molecular complexity index is 466. The van der Waals surface area contributed by atoms with Gasteiger partial charge in [0.25, 0.3) is 5.91 Å². The summed E-state index contributed by atoms with van der Waals surface area (Å²) in [5.74, 6) is 1.41. The summed E-state index contributed by atoms with van der Waals surface area (Å²) in [6, 6.07) is 0. The third-order valence-corrected chi connectivity index (χ3v) is 4.03. The van der Waals surface area contributed by atoms with Crippen LogP contribution in [0.3, 0.4) is 0 Å². The van der Waals surface area contributed by atoms with Crippen LogP contribution in [0.15, 0.2) is 12.4 Å². The fourth-order valence-corrected chi connectivity index (χ4v) is 2.51. The van der Waals surface area contributed by atoms with Gasteiger partial charge in [-0.2, -0.15) is 0 Å². The summed E-state index contributed by atoms with van der Waals surface area (Å²) in [4.78, 5) is 25.0. The lowest BCUT2D eigenvalue weighted by Crippen LogP contribution is -2.34. The molecular weight excluding hydrogens is 278 g/mol. The zero-order valence-electron chi connectivity index (χ0n) is 13.9. The maximum absolute atomic E-state index is 12.0. The van der Waals surface area contributed by atoms with E-state index in [1.807, 2.05) is 14.1 Å². The van der Waals surface area contributed by atoms with Gasteiger partial charge in [0.2, 0.25) is 5.95 Å². The highest BCUT2D eigenvalue weighted by Crippen LogP contribution is 2.19. The lowest BCUT2D eigenvalue weighted by atomic mass is 10.00. The second-order valence-electron chi connectivity index (χ2n) is 6.35. The first-order valence-corrected chi connectivity index (χ1v) is 8.06. The van der Waals surface area contributed by atoms with Crippen LogP contribution >= 0.6 is 0 Å². The van der Waals surface area contributed by atoms with E-state index in [1.54, 1.807) is 12.4 Å². The lowest BCUT2D eigenvalue weighted by molar-refractivity contribution is 0.0951. The number of carbonyl (C=O) groups excluding carboxylic acids is 1. The van der Waals surface area contributed by atoms with Crippen molar-refractivity contribution in [2.75, 3.05) is 45.2 Å². The Labute approximate surface area is 132 Å². The van der Waals surface area contributed by atoms with Crippen molar-refractivity contribution >= 4 is 11.9 Å². The third-order valence-electron chi connectivity index (χ3n) is 4.03. The summed E-state index contributed by atoms with van der Waals surface area (Å²) in [6.45, 7) is 5.91. The summed E-state index contributed by atoms with van der Waals surface area (Å²) < 4.78 is 0. The molecule has 0 aromatic carbocycles. The van der Waals surface area contributed by atoms with Crippen molar-refractivity contribution in [1.29, 1.82) is 0 Å². The number of nitrogens with zero attached hydrogens (tertiary/aromatic N) is 4. The SMILES string of the molecule is CC1CCN(c2ncc(C(=O)NCCCN(C)C)cn2)CC1. The number of carbonyl (C=O) groups is 1. The molecule has 1 fully saturated rings. The Kier molecular flexibility index (Phi) is 6.12. The third kappa shape index (κ3) is 4.94. The molecule has 0 saturated carbocycles. The van der Waals surface area contributed by atoms with Crippen molar-refractivity contribution in [3.63, 3.8) is 0 Å². The van der Waals surface area contributed by atoms with Crippen LogP contribution in [-0.4, -0.2) is 61.0 Å². The molecule has 6 heteroatoms. The molecule has 2 rings (SSSR count). The molecule has 1 saturated heterocycles. The molecule has 0 atom stereocenters. The van der Waals surface area contributed by atoms with E-state index in [0.29, 0.717) is 12.1 Å². The van der Waals surface area contributed by atoms with Crippen molar-refractivity contribution in [2.45, 2.75) is 26.2 Å². The molecule has 22 heavy (non-hydrogen) atoms. The summed E-state index contributed by atoms with van der Waals surface area (Å²) in [5.41, 5.74) is 0.527. The maximum atomic E-state index is 12.0. The van der Waals surface area contributed by atoms with Gasteiger partial charge in [0.05, 0.1) is 5.56 Å². The summed E-state index contributed by atoms with van der Waals surface area (Å²) in [7, 11) is 4.05. The summed E-state index contributed by atoms with van der Waals surface area (Å²) in [6.07, 6.45) is 6.54. The van der Waals surface area contributed by atoms with E-state index < -0.39 is 0 Å². The standard InChI is InChI=1S/C16H27N5O/c1-13-5-9-21(10-6-13)16-18-11-14(12-19-16)15(22)17-7-4-8-20(2)3/h11-13H,4-10H2,1-3H3,(H,17,22). The van der Waals surface area contributed by atoms with Gasteiger partial charge in [-0.3, -0.25) is 4.79 Å². The predicted molar refractivity (Wildman–Crippen MR) is 88.1 cm³/mol. The number of aromatic nitrogens is 2. The molecule has 2 heterocycles. The number of hydrogen-bond donors (Lipinski definition) is 1. The maximum Gasteiger partial charge on any atom is 0.254 e. The number of amides is 1. The van der Waals surface area contributed by atoms with Crippen molar-refractivity contribution in [3.05, 3.63) is 18.0 Å². The van der Waals surface area contributed by atoms with Crippen molar-refractivity contribution < 1.29 is 4.79 Å². The van der Waals surface area contributed by atoms with Crippen LogP contribution in [0, 0.1) is 5.92 Å². The normalized spacial score (nSPS) is 16.1. The van der Waals surface area contributed by atoms with Crippen LogP contribution in [0.25, 0.3) is 0 Å². The van der Waals surface area contributed by atoms with Crippen molar-refractivity contribution in [1.82, 2.24) is 20.2 Å². The second-order valence-corrected chi connectivity index (χ2v) is 6.35. The Morgan fingerprint density at radius 1 is 1.32 bits per heavy atom. The van der Waals surface area contributed by atoms with Gasteiger partial charge in [-0.15, -0.1) is 0 Å². The molecule has 0 bridgehead atoms. The fraction of sp³-hybridized carbons (Fsp3) is 0.688. The first-order valence-electron chi connectivity index (χ1n) is 8.06. The van der Waals surface area contributed by atoms with Crippen LogP contribution in [0.1, 0.15) is 36.5 Å². The van der Waals surface area contributed by atoms with Gasteiger partial charge >= 0.3 is 0 Å². The Morgan fingerprint density at radius 2 is 1.95 bits per heavy atom. The zero-order valence-corrected chi connectivity index (χ0v) is 13.9. The number of hydrogen-bond acceptors (Lipinski definition) is 5. The van der Waals surface area contributed by atoms with Crippen LogP contribution < -0.4 is 10.2 Å². The van der Waals surface area contributed by atoms with E-state index in [2.05, 4.69) is 32.0 Å². The van der Waals surface area contributed by atoms with Gasteiger partial charge in [-0.05, 0) is 45.8 Å². The molecule has 1 N–H and O–H groups in total. The molecule has 0 spiro atoms. The first-order chi connectivity index (χ1) is 10.6. The van der Waals surface area contributed by atoms with Gasteiger partial charge in [0, 0.05) is 32.0 Å². The number of rotatable bonds is 6. The smallest absolute Gasteiger partial charge is 0.254 e. The van der Waals surface area contributed by atoms with Crippen LogP contribution in [0.2, 0.25) is 0 Å². The van der Waals surface area contributed by atoms with Crippen molar-refractivity contribution in [2.24, 2.45) is 5.92 Å². The van der Waals surface area contributed by atoms with E-state index in [1.165, 1.54) is 12.8 Å². The first kappa shape index (κ1) is 16.7. The highest BCUT2D eigenvalue weighted by atomic mass is 16.1. The molecule has 1 aliphatic heterocycles. The monoisotopic (exact) mass is 305 g/mol. The highest BCUT2D eigenvalue weighted by Gasteiger charge is 2.18. The minimum atomic E-state index is -0.0995.